The van der Waals surface area contributed by atoms with Crippen molar-refractivity contribution in [3.63, 3.8) is 0 Å². The summed E-state index contributed by atoms with van der Waals surface area (Å²) in [6, 6.07) is 0. The van der Waals surface area contributed by atoms with Crippen molar-refractivity contribution < 1.29 is 10.0 Å². The van der Waals surface area contributed by atoms with E-state index in [0.717, 1.165) is 12.8 Å². The van der Waals surface area contributed by atoms with Gasteiger partial charge in [0.15, 0.2) is 0 Å². The Morgan fingerprint density at radius 2 is 1.44 bits per heavy atom. The third-order valence-corrected chi connectivity index (χ3v) is 2.75. The van der Waals surface area contributed by atoms with Gasteiger partial charge in [0.25, 0.3) is 5.91 Å². The van der Waals surface area contributed by atoms with Gasteiger partial charge in [0.2, 0.25) is 0 Å². The Labute approximate surface area is 98.7 Å². The first-order valence-corrected chi connectivity index (χ1v) is 6.45. The normalized spacial score (nSPS) is 10.4. The topological polar surface area (TPSA) is 66.6 Å². The molecule has 0 aromatic carbocycles. The number of hydrazine groups is 1. The van der Waals surface area contributed by atoms with Crippen molar-refractivity contribution in [3.05, 3.63) is 0 Å². The molecule has 0 spiro atoms. The largest absolute Gasteiger partial charge is 0.271 e. The van der Waals surface area contributed by atoms with Gasteiger partial charge in [0.05, 0.1) is 0 Å². The molecule has 0 fully saturated rings. The summed E-state index contributed by atoms with van der Waals surface area (Å²) in [6.07, 6.45) is 11.3. The second-order valence-electron chi connectivity index (χ2n) is 4.32. The third kappa shape index (κ3) is 9.93. The van der Waals surface area contributed by atoms with Gasteiger partial charge in [-0.2, -0.15) is 5.17 Å². The summed E-state index contributed by atoms with van der Waals surface area (Å²) < 4.78 is 0. The second kappa shape index (κ2) is 10.9. The first-order chi connectivity index (χ1) is 7.68. The Morgan fingerprint density at radius 3 is 1.88 bits per heavy atom. The lowest BCUT2D eigenvalue weighted by molar-refractivity contribution is -0.166. The zero-order valence-corrected chi connectivity index (χ0v) is 10.5. The van der Waals surface area contributed by atoms with Gasteiger partial charge in [0.1, 0.15) is 0 Å². The molecule has 0 unspecified atom stereocenters. The van der Waals surface area contributed by atoms with Crippen molar-refractivity contribution in [1.82, 2.24) is 5.17 Å². The van der Waals surface area contributed by atoms with Crippen molar-refractivity contribution in [2.24, 2.45) is 5.84 Å². The van der Waals surface area contributed by atoms with E-state index >= 15 is 0 Å². The number of carbonyl (C=O) groups is 1. The minimum Gasteiger partial charge on any atom is -0.271 e. The molecule has 0 saturated heterocycles. The molecule has 0 aliphatic rings. The summed E-state index contributed by atoms with van der Waals surface area (Å²) >= 11 is 0. The van der Waals surface area contributed by atoms with E-state index in [2.05, 4.69) is 6.92 Å². The number of nitrogens with two attached hydrogens (primary N) is 1. The van der Waals surface area contributed by atoms with Crippen LogP contribution >= 0.6 is 0 Å². The van der Waals surface area contributed by atoms with Gasteiger partial charge >= 0.3 is 0 Å². The number of hydrogen-bond acceptors (Lipinski definition) is 3. The van der Waals surface area contributed by atoms with Crippen molar-refractivity contribution in [2.45, 2.75) is 71.1 Å². The van der Waals surface area contributed by atoms with Crippen LogP contribution in [-0.2, 0) is 4.79 Å². The van der Waals surface area contributed by atoms with Crippen LogP contribution in [0.4, 0.5) is 0 Å². The fourth-order valence-corrected chi connectivity index (χ4v) is 1.70. The number of hydroxylamine groups is 1. The molecule has 0 rings (SSSR count). The lowest BCUT2D eigenvalue weighted by Gasteiger charge is -2.06. The summed E-state index contributed by atoms with van der Waals surface area (Å²) in [4.78, 5) is 10.9. The van der Waals surface area contributed by atoms with Crippen LogP contribution in [0, 0.1) is 0 Å². The number of nitrogens with zero attached hydrogens (tertiary/aromatic N) is 1. The predicted octanol–water partition coefficient (Wildman–Crippen LogP) is 3.00. The zero-order chi connectivity index (χ0) is 12.2. The monoisotopic (exact) mass is 230 g/mol. The van der Waals surface area contributed by atoms with Crippen LogP contribution in [0.3, 0.4) is 0 Å². The fourth-order valence-electron chi connectivity index (χ4n) is 1.70. The quantitative estimate of drug-likeness (QED) is 0.199. The van der Waals surface area contributed by atoms with E-state index in [0.29, 0.717) is 6.42 Å². The van der Waals surface area contributed by atoms with Gasteiger partial charge in [-0.05, 0) is 6.42 Å². The Hall–Kier alpha value is -0.610. The molecule has 0 aromatic rings. The minimum absolute atomic E-state index is 0.185. The molecule has 0 bridgehead atoms. The summed E-state index contributed by atoms with van der Waals surface area (Å²) in [6.45, 7) is 2.22. The van der Waals surface area contributed by atoms with Crippen molar-refractivity contribution in [2.75, 3.05) is 0 Å². The second-order valence-corrected chi connectivity index (χ2v) is 4.32. The SMILES string of the molecule is CCCCCCCCCCCC(=O)N(N)O. The Balaban J connectivity index is 3.07. The van der Waals surface area contributed by atoms with E-state index in [1.54, 1.807) is 0 Å². The summed E-state index contributed by atoms with van der Waals surface area (Å²) in [5, 5.41) is 8.79. The van der Waals surface area contributed by atoms with E-state index in [-0.39, 0.29) is 5.17 Å². The maximum Gasteiger partial charge on any atom is 0.260 e. The molecule has 0 aromatic heterocycles. The van der Waals surface area contributed by atoms with E-state index in [1.165, 1.54) is 44.9 Å². The van der Waals surface area contributed by atoms with E-state index in [4.69, 9.17) is 11.0 Å². The highest BCUT2D eigenvalue weighted by Crippen LogP contribution is 2.10. The molecule has 0 saturated carbocycles. The van der Waals surface area contributed by atoms with Gasteiger partial charge in [-0.15, -0.1) is 0 Å². The molecule has 4 heteroatoms. The molecule has 0 aliphatic heterocycles. The van der Waals surface area contributed by atoms with Gasteiger partial charge in [-0.3, -0.25) is 10.0 Å². The molecule has 96 valence electrons. The third-order valence-electron chi connectivity index (χ3n) is 2.75. The van der Waals surface area contributed by atoms with Crippen LogP contribution < -0.4 is 5.84 Å². The van der Waals surface area contributed by atoms with Crippen molar-refractivity contribution in [3.8, 4) is 0 Å². The molecule has 1 amide bonds. The number of unbranched alkanes of at least 4 members (excludes halogenated alkanes) is 8. The maximum absolute atomic E-state index is 10.9. The van der Waals surface area contributed by atoms with Crippen LogP contribution in [-0.4, -0.2) is 16.3 Å². The Morgan fingerprint density at radius 1 is 1.00 bits per heavy atom. The highest BCUT2D eigenvalue weighted by molar-refractivity contribution is 5.74. The number of rotatable bonds is 10. The first-order valence-electron chi connectivity index (χ1n) is 6.45. The smallest absolute Gasteiger partial charge is 0.260 e. The van der Waals surface area contributed by atoms with E-state index < -0.39 is 5.91 Å². The molecular weight excluding hydrogens is 204 g/mol. The van der Waals surface area contributed by atoms with Gasteiger partial charge in [-0.1, -0.05) is 58.3 Å². The van der Waals surface area contributed by atoms with E-state index in [9.17, 15) is 4.79 Å². The van der Waals surface area contributed by atoms with E-state index in [1.807, 2.05) is 0 Å². The van der Waals surface area contributed by atoms with Gasteiger partial charge in [-0.25, -0.2) is 5.84 Å². The Bertz CT molecular complexity index is 172. The molecular formula is C12H26N2O2. The zero-order valence-electron chi connectivity index (χ0n) is 10.5. The van der Waals surface area contributed by atoms with Crippen LogP contribution in [0.1, 0.15) is 71.1 Å². The highest BCUT2D eigenvalue weighted by Gasteiger charge is 2.04. The Kier molecular flexibility index (Phi) is 10.5. The van der Waals surface area contributed by atoms with Gasteiger partial charge in [0, 0.05) is 6.42 Å². The number of carbonyl (C=O) groups excluding carboxylic acids is 1. The average molecular weight is 230 g/mol. The minimum atomic E-state index is -0.400. The van der Waals surface area contributed by atoms with Crippen LogP contribution in [0.5, 0.6) is 0 Å². The molecule has 0 heterocycles. The highest BCUT2D eigenvalue weighted by atomic mass is 16.5. The summed E-state index contributed by atoms with van der Waals surface area (Å²) in [5.41, 5.74) is 0. The molecule has 0 radical (unpaired) electrons. The average Bonchev–Trinajstić information content (AvgIpc) is 2.26. The van der Waals surface area contributed by atoms with Crippen LogP contribution in [0.2, 0.25) is 0 Å². The molecule has 16 heavy (non-hydrogen) atoms. The van der Waals surface area contributed by atoms with Crippen LogP contribution in [0.25, 0.3) is 0 Å². The maximum atomic E-state index is 10.9. The van der Waals surface area contributed by atoms with Crippen LogP contribution in [0.15, 0.2) is 0 Å². The summed E-state index contributed by atoms with van der Waals surface area (Å²) in [7, 11) is 0. The van der Waals surface area contributed by atoms with Crippen molar-refractivity contribution in [1.29, 1.82) is 0 Å². The molecule has 4 nitrogen and oxygen atoms in total. The lowest BCUT2D eigenvalue weighted by atomic mass is 10.1. The standard InChI is InChI=1S/C12H26N2O2/c1-2-3-4-5-6-7-8-9-10-11-12(15)14(13)16/h16H,2-11,13H2,1H3. The lowest BCUT2D eigenvalue weighted by Crippen LogP contribution is -2.33. The first kappa shape index (κ1) is 15.4. The fraction of sp³-hybridized carbons (Fsp3) is 0.917. The number of amides is 1. The predicted molar refractivity (Wildman–Crippen MR) is 64.7 cm³/mol. The van der Waals surface area contributed by atoms with Gasteiger partial charge < -0.3 is 0 Å². The molecule has 3 N–H and O–H groups in total. The molecule has 0 atom stereocenters. The number of hydrogen-bond donors (Lipinski definition) is 2. The summed E-state index contributed by atoms with van der Waals surface area (Å²) in [5.74, 6) is 4.48. The molecule has 0 aliphatic carbocycles. The van der Waals surface area contributed by atoms with Crippen molar-refractivity contribution >= 4 is 5.91 Å².